The number of aryl methyl sites for hydroxylation is 2. The molecule has 2 aliphatic heterocycles. The van der Waals surface area contributed by atoms with Gasteiger partial charge in [0.15, 0.2) is 5.70 Å². The number of halogens is 1. The third kappa shape index (κ3) is 3.98. The number of fused-ring (bicyclic) bond motifs is 2. The van der Waals surface area contributed by atoms with Gasteiger partial charge in [-0.15, -0.1) is 0 Å². The van der Waals surface area contributed by atoms with Crippen LogP contribution in [0, 0.1) is 13.8 Å². The zero-order chi connectivity index (χ0) is 22.9. The highest BCUT2D eigenvalue weighted by Gasteiger charge is 2.34. The minimum Gasteiger partial charge on any atom is -0.457 e. The lowest BCUT2D eigenvalue weighted by Crippen LogP contribution is -2.39. The maximum atomic E-state index is 15.5. The van der Waals surface area contributed by atoms with Gasteiger partial charge < -0.3 is 23.8 Å². The van der Waals surface area contributed by atoms with Crippen LogP contribution in [0.3, 0.4) is 0 Å². The van der Waals surface area contributed by atoms with E-state index in [1.165, 1.54) is 5.56 Å². The minimum atomic E-state index is -1.29. The molecule has 0 amide bonds. The van der Waals surface area contributed by atoms with E-state index < -0.39 is 7.26 Å². The Morgan fingerprint density at radius 3 is 2.42 bits per heavy atom. The van der Waals surface area contributed by atoms with Crippen LogP contribution in [0.2, 0.25) is 0 Å². The summed E-state index contributed by atoms with van der Waals surface area (Å²) < 4.78 is 24.9. The molecular formula is C27H26BFN3O. The van der Waals surface area contributed by atoms with E-state index in [1.807, 2.05) is 92.7 Å². The number of rotatable bonds is 6. The fraction of sp³-hybridized carbons (Fsp3) is 0.148. The van der Waals surface area contributed by atoms with Gasteiger partial charge in [0.25, 0.3) is 0 Å². The van der Waals surface area contributed by atoms with Crippen molar-refractivity contribution >= 4 is 31.2 Å². The van der Waals surface area contributed by atoms with Gasteiger partial charge in [0.05, 0.1) is 0 Å². The van der Waals surface area contributed by atoms with Crippen molar-refractivity contribution in [2.75, 3.05) is 6.54 Å². The summed E-state index contributed by atoms with van der Waals surface area (Å²) in [5.41, 5.74) is 12.9. The molecule has 2 N–H and O–H groups in total. The molecule has 0 fully saturated rings. The highest BCUT2D eigenvalue weighted by molar-refractivity contribution is 6.43. The first-order valence-corrected chi connectivity index (χ1v) is 11.2. The summed E-state index contributed by atoms with van der Waals surface area (Å²) in [6.07, 6.45) is 10.3. The Labute approximate surface area is 194 Å². The van der Waals surface area contributed by atoms with Gasteiger partial charge in [0, 0.05) is 29.1 Å². The molecule has 5 rings (SSSR count). The van der Waals surface area contributed by atoms with Gasteiger partial charge in [0.2, 0.25) is 0 Å². The number of nitrogens with zero attached hydrogens (tertiary/aromatic N) is 2. The monoisotopic (exact) mass is 438 g/mol. The zero-order valence-electron chi connectivity index (χ0n) is 18.8. The quantitative estimate of drug-likeness (QED) is 0.510. The second kappa shape index (κ2) is 8.72. The van der Waals surface area contributed by atoms with E-state index in [0.717, 1.165) is 45.3 Å². The lowest BCUT2D eigenvalue weighted by atomic mass is 9.91. The number of benzene rings is 2. The summed E-state index contributed by atoms with van der Waals surface area (Å²) in [5, 5.41) is 0. The Morgan fingerprint density at radius 1 is 1.03 bits per heavy atom. The van der Waals surface area contributed by atoms with E-state index in [9.17, 15) is 0 Å². The van der Waals surface area contributed by atoms with Crippen LogP contribution in [0.1, 0.15) is 34.5 Å². The van der Waals surface area contributed by atoms with Crippen LogP contribution < -0.4 is 10.5 Å². The fourth-order valence-corrected chi connectivity index (χ4v) is 4.46. The van der Waals surface area contributed by atoms with Crippen molar-refractivity contribution in [3.8, 4) is 11.5 Å². The molecule has 165 valence electrons. The second-order valence-corrected chi connectivity index (χ2v) is 8.42. The molecule has 6 heteroatoms. The molecule has 1 radical (unpaired) electrons. The molecule has 0 bridgehead atoms. The Hall–Kier alpha value is -3.64. The van der Waals surface area contributed by atoms with E-state index in [0.29, 0.717) is 13.0 Å². The Morgan fingerprint density at radius 2 is 1.73 bits per heavy atom. The van der Waals surface area contributed by atoms with Crippen molar-refractivity contribution < 1.29 is 13.5 Å². The number of hydrogen-bond acceptors (Lipinski definition) is 2. The molecule has 3 heterocycles. The third-order valence-corrected chi connectivity index (χ3v) is 6.05. The molecule has 0 unspecified atom stereocenters. The van der Waals surface area contributed by atoms with Crippen molar-refractivity contribution in [1.29, 1.82) is 0 Å². The zero-order valence-corrected chi connectivity index (χ0v) is 18.8. The van der Waals surface area contributed by atoms with Crippen molar-refractivity contribution in [2.45, 2.75) is 20.3 Å². The summed E-state index contributed by atoms with van der Waals surface area (Å²) in [7, 11) is -1.29. The largest absolute Gasteiger partial charge is 0.533 e. The average Bonchev–Trinajstić information content (AvgIpc) is 3.43. The SMILES string of the molecule is Cc1ccc(Oc2ccc(/C=C/c3cc(C)c4n3[B-](F)[N+]3=CC=CC3=C4CCN)cc2)cc1. The van der Waals surface area contributed by atoms with Gasteiger partial charge in [-0.3, -0.25) is 0 Å². The third-order valence-electron chi connectivity index (χ3n) is 6.05. The molecule has 0 atom stereocenters. The van der Waals surface area contributed by atoms with Crippen molar-refractivity contribution in [2.24, 2.45) is 5.73 Å². The molecule has 2 aliphatic rings. The number of aromatic nitrogens is 1. The summed E-state index contributed by atoms with van der Waals surface area (Å²) in [5.74, 6) is 1.58. The van der Waals surface area contributed by atoms with Crippen LogP contribution in [0.5, 0.6) is 11.5 Å². The molecular weight excluding hydrogens is 412 g/mol. The second-order valence-electron chi connectivity index (χ2n) is 8.42. The van der Waals surface area contributed by atoms with Gasteiger partial charge in [-0.2, -0.15) is 0 Å². The normalized spacial score (nSPS) is 15.2. The maximum Gasteiger partial charge on any atom is 0.533 e. The summed E-state index contributed by atoms with van der Waals surface area (Å²) >= 11 is 0. The molecule has 0 saturated heterocycles. The smallest absolute Gasteiger partial charge is 0.457 e. The highest BCUT2D eigenvalue weighted by Crippen LogP contribution is 2.36. The van der Waals surface area contributed by atoms with E-state index in [4.69, 9.17) is 10.5 Å². The van der Waals surface area contributed by atoms with Crippen molar-refractivity contribution in [3.63, 3.8) is 0 Å². The molecule has 4 nitrogen and oxygen atoms in total. The molecule has 1 aromatic heterocycles. The number of nitrogens with two attached hydrogens (primary N) is 1. The fourth-order valence-electron chi connectivity index (χ4n) is 4.46. The predicted octanol–water partition coefficient (Wildman–Crippen LogP) is 5.60. The predicted molar refractivity (Wildman–Crippen MR) is 134 cm³/mol. The Kier molecular flexibility index (Phi) is 5.61. The van der Waals surface area contributed by atoms with Gasteiger partial charge in [-0.05, 0) is 74.3 Å². The van der Waals surface area contributed by atoms with Gasteiger partial charge in [0.1, 0.15) is 17.7 Å². The first-order valence-electron chi connectivity index (χ1n) is 11.2. The van der Waals surface area contributed by atoms with Crippen LogP contribution in [-0.2, 0) is 0 Å². The standard InChI is InChI=1S/C27H26BFN3O/c1-19-5-11-23(12-6-19)33-24-13-8-21(9-14-24)7-10-22-18-20(2)27-25(15-16-30)26-4-3-17-31(26)28(29)32(22)27/h3-14,17-18H,15-16,30H2,1-2H3/b10-7+. The van der Waals surface area contributed by atoms with Crippen molar-refractivity contribution in [3.05, 3.63) is 101 Å². The summed E-state index contributed by atoms with van der Waals surface area (Å²) in [6.45, 7) is 4.60. The molecule has 0 spiro atoms. The summed E-state index contributed by atoms with van der Waals surface area (Å²) in [4.78, 5) is 0. The molecule has 33 heavy (non-hydrogen) atoms. The number of hydrogen-bond donors (Lipinski definition) is 1. The van der Waals surface area contributed by atoms with Crippen LogP contribution in [-0.4, -0.2) is 29.0 Å². The first-order chi connectivity index (χ1) is 16.0. The first kappa shape index (κ1) is 21.2. The van der Waals surface area contributed by atoms with E-state index in [2.05, 4.69) is 0 Å². The van der Waals surface area contributed by atoms with E-state index in [1.54, 1.807) is 15.2 Å². The van der Waals surface area contributed by atoms with Crippen LogP contribution >= 0.6 is 0 Å². The van der Waals surface area contributed by atoms with Crippen molar-refractivity contribution in [1.82, 2.24) is 4.48 Å². The Balaban J connectivity index is 1.41. The van der Waals surface area contributed by atoms with Crippen LogP contribution in [0.4, 0.5) is 4.32 Å². The lowest BCUT2D eigenvalue weighted by Gasteiger charge is -2.30. The van der Waals surface area contributed by atoms with E-state index >= 15 is 4.32 Å². The number of allylic oxidation sites excluding steroid dienone is 2. The molecule has 0 saturated carbocycles. The minimum absolute atomic E-state index is 0.518. The maximum absolute atomic E-state index is 15.5. The Bertz CT molecular complexity index is 1310. The van der Waals surface area contributed by atoms with Gasteiger partial charge in [-0.1, -0.05) is 35.9 Å². The topological polar surface area (TPSA) is 43.2 Å². The lowest BCUT2D eigenvalue weighted by molar-refractivity contribution is -0.329. The van der Waals surface area contributed by atoms with Crippen LogP contribution in [0.25, 0.3) is 17.7 Å². The van der Waals surface area contributed by atoms with Gasteiger partial charge in [-0.25, -0.2) is 0 Å². The molecule has 2 aromatic carbocycles. The molecule has 3 aromatic rings. The van der Waals surface area contributed by atoms with Gasteiger partial charge >= 0.3 is 7.26 Å². The average molecular weight is 438 g/mol. The summed E-state index contributed by atoms with van der Waals surface area (Å²) in [6, 6.07) is 17.9. The highest BCUT2D eigenvalue weighted by atomic mass is 19.1. The van der Waals surface area contributed by atoms with E-state index in [-0.39, 0.29) is 0 Å². The molecule has 0 aliphatic carbocycles. The van der Waals surface area contributed by atoms with Crippen LogP contribution in [0.15, 0.2) is 72.4 Å². The number of ether oxygens (including phenoxy) is 1.